The average Bonchev–Trinajstić information content (AvgIpc) is 3.32. The molecule has 0 aromatic heterocycles. The minimum atomic E-state index is -0.338. The Morgan fingerprint density at radius 1 is 0.800 bits per heavy atom. The lowest BCUT2D eigenvalue weighted by molar-refractivity contribution is 0.0540. The number of nitrogens with zero attached hydrogens (tertiary/aromatic N) is 1. The van der Waals surface area contributed by atoms with Crippen molar-refractivity contribution in [3.8, 4) is 0 Å². The summed E-state index contributed by atoms with van der Waals surface area (Å²) in [6, 6.07) is 28.5. The number of aliphatic hydroxyl groups is 1. The lowest BCUT2D eigenvalue weighted by Gasteiger charge is -2.40. The molecular formula is C28H29NO. The zero-order chi connectivity index (χ0) is 20.1. The SMILES string of the molecule is OC(c1ccccc1)C1CCN(CC23CC(c4ccccc42)c2ccccc23)CC1. The van der Waals surface area contributed by atoms with Gasteiger partial charge in [-0.25, -0.2) is 0 Å². The molecule has 0 radical (unpaired) electrons. The van der Waals surface area contributed by atoms with Crippen LogP contribution in [0.15, 0.2) is 78.9 Å². The van der Waals surface area contributed by atoms with E-state index in [1.165, 1.54) is 6.42 Å². The van der Waals surface area contributed by atoms with Crippen molar-refractivity contribution in [3.05, 3.63) is 107 Å². The zero-order valence-corrected chi connectivity index (χ0v) is 17.4. The van der Waals surface area contributed by atoms with E-state index in [4.69, 9.17) is 0 Å². The average molecular weight is 396 g/mol. The van der Waals surface area contributed by atoms with Crippen molar-refractivity contribution in [2.75, 3.05) is 19.6 Å². The first-order chi connectivity index (χ1) is 14.8. The van der Waals surface area contributed by atoms with E-state index >= 15 is 0 Å². The maximum absolute atomic E-state index is 10.9. The molecule has 1 saturated heterocycles. The van der Waals surface area contributed by atoms with Crippen molar-refractivity contribution in [1.29, 1.82) is 0 Å². The third-order valence-electron chi connectivity index (χ3n) is 7.97. The first kappa shape index (κ1) is 18.4. The highest BCUT2D eigenvalue weighted by Crippen LogP contribution is 2.60. The van der Waals surface area contributed by atoms with Crippen LogP contribution in [-0.2, 0) is 5.41 Å². The molecule has 2 bridgehead atoms. The molecule has 0 spiro atoms. The standard InChI is InChI=1S/C28H29NO/c30-27(20-8-2-1-3-9-20)21-14-16-29(17-15-21)19-28-18-24(22-10-4-6-12-25(22)28)23-11-5-7-13-26(23)28/h1-13,21,24,27,30H,14-19H2. The summed E-state index contributed by atoms with van der Waals surface area (Å²) in [4.78, 5) is 2.66. The van der Waals surface area contributed by atoms with Gasteiger partial charge in [0, 0.05) is 17.9 Å². The smallest absolute Gasteiger partial charge is 0.0819 e. The summed E-state index contributed by atoms with van der Waals surface area (Å²) in [5.74, 6) is 0.926. The van der Waals surface area contributed by atoms with E-state index in [0.717, 1.165) is 38.0 Å². The number of rotatable bonds is 4. The van der Waals surface area contributed by atoms with Crippen LogP contribution in [0.5, 0.6) is 0 Å². The minimum Gasteiger partial charge on any atom is -0.388 e. The molecule has 1 unspecified atom stereocenters. The van der Waals surface area contributed by atoms with Gasteiger partial charge in [-0.3, -0.25) is 0 Å². The Hall–Kier alpha value is -2.42. The van der Waals surface area contributed by atoms with E-state index in [-0.39, 0.29) is 11.5 Å². The van der Waals surface area contributed by atoms with Crippen LogP contribution >= 0.6 is 0 Å². The fourth-order valence-electron chi connectivity index (χ4n) is 6.54. The Bertz CT molecular complexity index is 1000. The van der Waals surface area contributed by atoms with Gasteiger partial charge in [0.25, 0.3) is 0 Å². The monoisotopic (exact) mass is 395 g/mol. The van der Waals surface area contributed by atoms with E-state index in [1.54, 1.807) is 22.3 Å². The molecule has 152 valence electrons. The maximum atomic E-state index is 10.9. The molecule has 1 heterocycles. The minimum absolute atomic E-state index is 0.142. The van der Waals surface area contributed by atoms with Crippen LogP contribution < -0.4 is 0 Å². The van der Waals surface area contributed by atoms with Crippen LogP contribution in [0.25, 0.3) is 0 Å². The number of likely N-dealkylation sites (tertiary alicyclic amines) is 1. The number of hydrogen-bond acceptors (Lipinski definition) is 2. The van der Waals surface area contributed by atoms with Gasteiger partial charge in [0.15, 0.2) is 0 Å². The van der Waals surface area contributed by atoms with E-state index in [1.807, 2.05) is 18.2 Å². The van der Waals surface area contributed by atoms with Crippen molar-refractivity contribution in [1.82, 2.24) is 4.90 Å². The molecule has 6 rings (SSSR count). The molecule has 1 fully saturated rings. The van der Waals surface area contributed by atoms with Gasteiger partial charge in [0.2, 0.25) is 0 Å². The lowest BCUT2D eigenvalue weighted by atomic mass is 9.74. The summed E-state index contributed by atoms with van der Waals surface area (Å²) >= 11 is 0. The molecule has 1 atom stereocenters. The van der Waals surface area contributed by atoms with E-state index < -0.39 is 0 Å². The second-order valence-corrected chi connectivity index (χ2v) is 9.48. The second kappa shape index (κ2) is 7.08. The van der Waals surface area contributed by atoms with Crippen LogP contribution in [0.2, 0.25) is 0 Å². The van der Waals surface area contributed by atoms with Gasteiger partial charge >= 0.3 is 0 Å². The quantitative estimate of drug-likeness (QED) is 0.651. The largest absolute Gasteiger partial charge is 0.388 e. The third kappa shape index (κ3) is 2.71. The highest BCUT2D eigenvalue weighted by Gasteiger charge is 2.53. The lowest BCUT2D eigenvalue weighted by Crippen LogP contribution is -2.44. The molecule has 1 aliphatic heterocycles. The first-order valence-electron chi connectivity index (χ1n) is 11.4. The summed E-state index contributed by atoms with van der Waals surface area (Å²) < 4.78 is 0. The molecular weight excluding hydrogens is 366 g/mol. The summed E-state index contributed by atoms with van der Waals surface area (Å²) in [5.41, 5.74) is 7.41. The van der Waals surface area contributed by atoms with Gasteiger partial charge < -0.3 is 10.0 Å². The Morgan fingerprint density at radius 3 is 2.00 bits per heavy atom. The summed E-state index contributed by atoms with van der Waals surface area (Å²) in [6.07, 6.45) is 3.02. The fraction of sp³-hybridized carbons (Fsp3) is 0.357. The molecule has 0 amide bonds. The van der Waals surface area contributed by atoms with Crippen molar-refractivity contribution in [2.45, 2.75) is 36.7 Å². The highest BCUT2D eigenvalue weighted by atomic mass is 16.3. The molecule has 30 heavy (non-hydrogen) atoms. The second-order valence-electron chi connectivity index (χ2n) is 9.48. The molecule has 3 aromatic carbocycles. The Balaban J connectivity index is 1.23. The van der Waals surface area contributed by atoms with Gasteiger partial charge in [-0.1, -0.05) is 78.9 Å². The number of fused-ring (bicyclic) bond motifs is 8. The molecule has 3 aliphatic rings. The summed E-state index contributed by atoms with van der Waals surface area (Å²) in [7, 11) is 0. The van der Waals surface area contributed by atoms with E-state index in [9.17, 15) is 5.11 Å². The highest BCUT2D eigenvalue weighted by molar-refractivity contribution is 5.62. The third-order valence-corrected chi connectivity index (χ3v) is 7.97. The summed E-state index contributed by atoms with van der Waals surface area (Å²) in [5, 5.41) is 10.9. The summed E-state index contributed by atoms with van der Waals surface area (Å²) in [6.45, 7) is 3.25. The van der Waals surface area contributed by atoms with Crippen molar-refractivity contribution >= 4 is 0 Å². The Labute approximate surface area is 179 Å². The van der Waals surface area contributed by atoms with Crippen LogP contribution in [0, 0.1) is 5.92 Å². The van der Waals surface area contributed by atoms with E-state index in [2.05, 4.69) is 65.6 Å². The maximum Gasteiger partial charge on any atom is 0.0819 e. The first-order valence-corrected chi connectivity index (χ1v) is 11.4. The van der Waals surface area contributed by atoms with Gasteiger partial charge in [0.05, 0.1) is 6.10 Å². The van der Waals surface area contributed by atoms with Gasteiger partial charge in [-0.15, -0.1) is 0 Å². The number of hydrogen-bond donors (Lipinski definition) is 1. The number of piperidine rings is 1. The van der Waals surface area contributed by atoms with Crippen molar-refractivity contribution in [3.63, 3.8) is 0 Å². The molecule has 2 heteroatoms. The zero-order valence-electron chi connectivity index (χ0n) is 17.4. The van der Waals surface area contributed by atoms with E-state index in [0.29, 0.717) is 11.8 Å². The van der Waals surface area contributed by atoms with Crippen LogP contribution in [-0.4, -0.2) is 29.6 Å². The van der Waals surface area contributed by atoms with Gasteiger partial charge in [0.1, 0.15) is 0 Å². The Morgan fingerprint density at radius 2 is 1.37 bits per heavy atom. The van der Waals surface area contributed by atoms with Crippen molar-refractivity contribution in [2.24, 2.45) is 5.92 Å². The fourth-order valence-corrected chi connectivity index (χ4v) is 6.54. The predicted molar refractivity (Wildman–Crippen MR) is 121 cm³/mol. The van der Waals surface area contributed by atoms with Crippen molar-refractivity contribution < 1.29 is 5.11 Å². The normalized spacial score (nSPS) is 26.4. The predicted octanol–water partition coefficient (Wildman–Crippen LogP) is 5.27. The molecule has 2 aliphatic carbocycles. The topological polar surface area (TPSA) is 23.5 Å². The number of benzene rings is 3. The van der Waals surface area contributed by atoms with Crippen LogP contribution in [0.4, 0.5) is 0 Å². The molecule has 1 N–H and O–H groups in total. The van der Waals surface area contributed by atoms with Crippen LogP contribution in [0.1, 0.15) is 59.1 Å². The van der Waals surface area contributed by atoms with Gasteiger partial charge in [-0.05, 0) is 66.1 Å². The molecule has 0 saturated carbocycles. The molecule has 3 aromatic rings. The number of aliphatic hydroxyl groups excluding tert-OH is 1. The molecule has 2 nitrogen and oxygen atoms in total. The van der Waals surface area contributed by atoms with Crippen LogP contribution in [0.3, 0.4) is 0 Å². The Kier molecular flexibility index (Phi) is 4.33. The van der Waals surface area contributed by atoms with Gasteiger partial charge in [-0.2, -0.15) is 0 Å².